The Hall–Kier alpha value is -3.98. The van der Waals surface area contributed by atoms with Crippen LogP contribution in [0.5, 0.6) is 0 Å². The molecule has 0 radical (unpaired) electrons. The van der Waals surface area contributed by atoms with Crippen molar-refractivity contribution in [2.24, 2.45) is 4.99 Å². The number of benzene rings is 2. The van der Waals surface area contributed by atoms with Gasteiger partial charge in [0, 0.05) is 29.2 Å². The molecule has 0 bridgehead atoms. The molecule has 0 spiro atoms. The molecule has 4 aromatic rings. The van der Waals surface area contributed by atoms with E-state index < -0.39 is 0 Å². The van der Waals surface area contributed by atoms with Crippen molar-refractivity contribution in [2.75, 3.05) is 6.54 Å². The van der Waals surface area contributed by atoms with Gasteiger partial charge in [-0.3, -0.25) is 29.0 Å². The Bertz CT molecular complexity index is 1460. The summed E-state index contributed by atoms with van der Waals surface area (Å²) in [5.41, 5.74) is 4.17. The predicted molar refractivity (Wildman–Crippen MR) is 128 cm³/mol. The molecule has 9 heteroatoms. The van der Waals surface area contributed by atoms with E-state index in [0.717, 1.165) is 27.1 Å². The lowest BCUT2D eigenvalue weighted by Gasteiger charge is -2.16. The van der Waals surface area contributed by atoms with E-state index in [2.05, 4.69) is 31.1 Å². The molecule has 2 aliphatic rings. The Morgan fingerprint density at radius 1 is 0.882 bits per heavy atom. The lowest BCUT2D eigenvalue weighted by atomic mass is 10.0. The highest BCUT2D eigenvalue weighted by atomic mass is 79.9. The smallest absolute Gasteiger partial charge is 0.261 e. The normalized spacial score (nSPS) is 14.4. The Kier molecular flexibility index (Phi) is 4.91. The van der Waals surface area contributed by atoms with Crippen molar-refractivity contribution in [1.82, 2.24) is 24.6 Å². The zero-order valence-corrected chi connectivity index (χ0v) is 19.4. The standard InChI is InChI=1S/C25H17BrN6O2/c26-17-8-5-10-19-22(17)23(18-9-3-4-12-27-18)28-14-21-30-29-20(32(19)21)11-13-31-24(33)15-6-1-2-7-16(15)25(31)34/h1-10,12H,11,13-14H2. The van der Waals surface area contributed by atoms with E-state index in [0.29, 0.717) is 35.7 Å². The summed E-state index contributed by atoms with van der Waals surface area (Å²) >= 11 is 3.68. The molecule has 8 nitrogen and oxygen atoms in total. The number of carbonyl (C=O) groups excluding carboxylic acids is 2. The number of imide groups is 1. The Morgan fingerprint density at radius 3 is 2.38 bits per heavy atom. The number of hydrogen-bond acceptors (Lipinski definition) is 6. The van der Waals surface area contributed by atoms with Crippen molar-refractivity contribution in [2.45, 2.75) is 13.0 Å². The third kappa shape index (κ3) is 3.19. The minimum atomic E-state index is -0.278. The fourth-order valence-electron chi connectivity index (χ4n) is 4.42. The largest absolute Gasteiger partial charge is 0.281 e. The summed E-state index contributed by atoms with van der Waals surface area (Å²) in [6, 6.07) is 18.5. The Balaban J connectivity index is 1.37. The maximum absolute atomic E-state index is 12.8. The zero-order valence-electron chi connectivity index (χ0n) is 17.8. The number of hydrogen-bond donors (Lipinski definition) is 0. The van der Waals surface area contributed by atoms with Crippen molar-refractivity contribution in [3.05, 3.63) is 105 Å². The van der Waals surface area contributed by atoms with Gasteiger partial charge in [-0.25, -0.2) is 0 Å². The lowest BCUT2D eigenvalue weighted by Crippen LogP contribution is -2.32. The molecule has 0 saturated heterocycles. The average molecular weight is 513 g/mol. The second kappa shape index (κ2) is 8.11. The van der Waals surface area contributed by atoms with Crippen LogP contribution in [0, 0.1) is 0 Å². The van der Waals surface area contributed by atoms with Crippen LogP contribution in [0.25, 0.3) is 5.69 Å². The predicted octanol–water partition coefficient (Wildman–Crippen LogP) is 3.61. The monoisotopic (exact) mass is 512 g/mol. The summed E-state index contributed by atoms with van der Waals surface area (Å²) in [4.78, 5) is 36.2. The van der Waals surface area contributed by atoms with Crippen molar-refractivity contribution >= 4 is 33.5 Å². The molecule has 2 aliphatic heterocycles. The van der Waals surface area contributed by atoms with E-state index in [4.69, 9.17) is 4.99 Å². The topological polar surface area (TPSA) is 93.3 Å². The number of carbonyl (C=O) groups is 2. The van der Waals surface area contributed by atoms with Gasteiger partial charge in [0.25, 0.3) is 11.8 Å². The van der Waals surface area contributed by atoms with E-state index in [9.17, 15) is 9.59 Å². The van der Waals surface area contributed by atoms with E-state index in [1.54, 1.807) is 30.5 Å². The summed E-state index contributed by atoms with van der Waals surface area (Å²) in [5.74, 6) is 0.784. The molecule has 0 aliphatic carbocycles. The highest BCUT2D eigenvalue weighted by Crippen LogP contribution is 2.31. The molecule has 6 rings (SSSR count). The molecular weight excluding hydrogens is 496 g/mol. The van der Waals surface area contributed by atoms with Gasteiger partial charge in [-0.1, -0.05) is 40.2 Å². The van der Waals surface area contributed by atoms with Gasteiger partial charge < -0.3 is 0 Å². The lowest BCUT2D eigenvalue weighted by molar-refractivity contribution is 0.0655. The van der Waals surface area contributed by atoms with E-state index in [1.165, 1.54) is 4.90 Å². The maximum atomic E-state index is 12.8. The van der Waals surface area contributed by atoms with Crippen molar-refractivity contribution < 1.29 is 9.59 Å². The molecule has 0 atom stereocenters. The summed E-state index contributed by atoms with van der Waals surface area (Å²) in [5, 5.41) is 8.77. The van der Waals surface area contributed by atoms with E-state index >= 15 is 0 Å². The van der Waals surface area contributed by atoms with E-state index in [-0.39, 0.29) is 18.4 Å². The Morgan fingerprint density at radius 2 is 1.65 bits per heavy atom. The Labute approximate surface area is 203 Å². The van der Waals surface area contributed by atoms with Gasteiger partial charge in [-0.05, 0) is 36.4 Å². The second-order valence-corrected chi connectivity index (χ2v) is 8.79. The molecule has 0 unspecified atom stereocenters. The molecule has 2 aromatic heterocycles. The molecule has 0 saturated carbocycles. The van der Waals surface area contributed by atoms with Crippen LogP contribution in [0.15, 0.2) is 76.3 Å². The van der Waals surface area contributed by atoms with Crippen molar-refractivity contribution in [1.29, 1.82) is 0 Å². The van der Waals surface area contributed by atoms with Crippen LogP contribution >= 0.6 is 15.9 Å². The molecule has 2 aromatic carbocycles. The van der Waals surface area contributed by atoms with Crippen LogP contribution in [0.2, 0.25) is 0 Å². The number of amides is 2. The minimum absolute atomic E-state index is 0.210. The second-order valence-electron chi connectivity index (χ2n) is 7.94. The number of fused-ring (bicyclic) bond motifs is 4. The van der Waals surface area contributed by atoms with Crippen LogP contribution in [-0.2, 0) is 13.0 Å². The fraction of sp³-hybridized carbons (Fsp3) is 0.120. The molecule has 0 N–H and O–H groups in total. The van der Waals surface area contributed by atoms with Gasteiger partial charge >= 0.3 is 0 Å². The average Bonchev–Trinajstić information content (AvgIpc) is 3.31. The molecular formula is C25H17BrN6O2. The molecule has 34 heavy (non-hydrogen) atoms. The number of halogens is 1. The third-order valence-electron chi connectivity index (χ3n) is 5.99. The first-order valence-corrected chi connectivity index (χ1v) is 11.6. The molecule has 2 amide bonds. The van der Waals surface area contributed by atoms with Crippen LogP contribution in [0.1, 0.15) is 43.6 Å². The number of pyridine rings is 1. The molecule has 4 heterocycles. The summed E-state index contributed by atoms with van der Waals surface area (Å²) in [7, 11) is 0. The number of aliphatic imine (C=N–C) groups is 1. The zero-order chi connectivity index (χ0) is 23.2. The van der Waals surface area contributed by atoms with Crippen LogP contribution in [-0.4, -0.2) is 48.7 Å². The fourth-order valence-corrected chi connectivity index (χ4v) is 4.97. The first-order chi connectivity index (χ1) is 16.6. The summed E-state index contributed by atoms with van der Waals surface area (Å²) in [6.07, 6.45) is 2.11. The summed E-state index contributed by atoms with van der Waals surface area (Å²) in [6.45, 7) is 0.537. The molecule has 166 valence electrons. The SMILES string of the molecule is O=C1c2ccccc2C(=O)N1CCc1nnc2n1-c1cccc(Br)c1C(c1ccccn1)=NC2. The van der Waals surface area contributed by atoms with Crippen molar-refractivity contribution in [3.63, 3.8) is 0 Å². The molecule has 0 fully saturated rings. The van der Waals surface area contributed by atoms with Crippen LogP contribution in [0.4, 0.5) is 0 Å². The first-order valence-electron chi connectivity index (χ1n) is 10.8. The maximum Gasteiger partial charge on any atom is 0.261 e. The highest BCUT2D eigenvalue weighted by molar-refractivity contribution is 9.10. The number of aromatic nitrogens is 4. The minimum Gasteiger partial charge on any atom is -0.281 e. The van der Waals surface area contributed by atoms with Gasteiger partial charge in [0.2, 0.25) is 0 Å². The van der Waals surface area contributed by atoms with Gasteiger partial charge in [0.1, 0.15) is 12.4 Å². The summed E-state index contributed by atoms with van der Waals surface area (Å²) < 4.78 is 2.85. The first kappa shape index (κ1) is 20.6. The van der Waals surface area contributed by atoms with Crippen LogP contribution < -0.4 is 0 Å². The van der Waals surface area contributed by atoms with Gasteiger partial charge in [0.05, 0.1) is 28.2 Å². The van der Waals surface area contributed by atoms with Crippen molar-refractivity contribution in [3.8, 4) is 5.69 Å². The number of nitrogens with zero attached hydrogens (tertiary/aromatic N) is 6. The van der Waals surface area contributed by atoms with Gasteiger partial charge in [-0.2, -0.15) is 0 Å². The third-order valence-corrected chi connectivity index (χ3v) is 6.65. The van der Waals surface area contributed by atoms with Crippen LogP contribution in [0.3, 0.4) is 0 Å². The highest BCUT2D eigenvalue weighted by Gasteiger charge is 2.35. The quantitative estimate of drug-likeness (QED) is 0.389. The number of rotatable bonds is 4. The van der Waals surface area contributed by atoms with E-state index in [1.807, 2.05) is 41.0 Å². The van der Waals surface area contributed by atoms with Gasteiger partial charge in [0.15, 0.2) is 5.82 Å². The van der Waals surface area contributed by atoms with Gasteiger partial charge in [-0.15, -0.1) is 10.2 Å².